The molecule has 0 aliphatic carbocycles. The number of benzene rings is 1. The summed E-state index contributed by atoms with van der Waals surface area (Å²) in [4.78, 5) is 2.02. The van der Waals surface area contributed by atoms with Crippen molar-refractivity contribution in [3.05, 3.63) is 23.8 Å². The average Bonchev–Trinajstić information content (AvgIpc) is 2.26. The summed E-state index contributed by atoms with van der Waals surface area (Å²) in [5.41, 5.74) is 5.08. The van der Waals surface area contributed by atoms with Crippen LogP contribution in [0.1, 0.15) is 25.8 Å². The van der Waals surface area contributed by atoms with Crippen molar-refractivity contribution >= 4 is 11.4 Å². The molecule has 1 saturated heterocycles. The summed E-state index contributed by atoms with van der Waals surface area (Å²) in [5.74, 6) is 0.992. The van der Waals surface area contributed by atoms with Crippen LogP contribution in [0.25, 0.3) is 0 Å². The average molecular weight is 272 g/mol. The van der Waals surface area contributed by atoms with Gasteiger partial charge >= 0.3 is 6.18 Å². The third-order valence-corrected chi connectivity index (χ3v) is 3.58. The predicted molar refractivity (Wildman–Crippen MR) is 71.0 cm³/mol. The fraction of sp³-hybridized carbons (Fsp3) is 0.571. The van der Waals surface area contributed by atoms with Crippen LogP contribution in [0.2, 0.25) is 0 Å². The smallest absolute Gasteiger partial charge is 0.398 e. The van der Waals surface area contributed by atoms with Crippen LogP contribution in [-0.4, -0.2) is 13.1 Å². The van der Waals surface area contributed by atoms with E-state index in [4.69, 9.17) is 5.73 Å². The molecular formula is C14H19F3N2. The lowest BCUT2D eigenvalue weighted by molar-refractivity contribution is -0.136. The molecule has 0 amide bonds. The topological polar surface area (TPSA) is 29.3 Å². The van der Waals surface area contributed by atoms with Gasteiger partial charge in [0.25, 0.3) is 0 Å². The standard InChI is InChI=1S/C14H19F3N2/c1-9-5-10(2)8-19(7-9)11-3-4-13(18)12(6-11)14(15,16)17/h3-4,6,9-10H,5,7-8,18H2,1-2H3. The van der Waals surface area contributed by atoms with Crippen molar-refractivity contribution in [2.24, 2.45) is 11.8 Å². The quantitative estimate of drug-likeness (QED) is 0.788. The van der Waals surface area contributed by atoms with E-state index in [1.807, 2.05) is 4.90 Å². The zero-order valence-corrected chi connectivity index (χ0v) is 11.2. The number of piperidine rings is 1. The molecule has 2 unspecified atom stereocenters. The van der Waals surface area contributed by atoms with Crippen LogP contribution in [0.15, 0.2) is 18.2 Å². The second kappa shape index (κ2) is 4.94. The van der Waals surface area contributed by atoms with Crippen molar-refractivity contribution in [1.29, 1.82) is 0 Å². The minimum Gasteiger partial charge on any atom is -0.398 e. The second-order valence-electron chi connectivity index (χ2n) is 5.62. The van der Waals surface area contributed by atoms with Gasteiger partial charge in [0.05, 0.1) is 5.56 Å². The molecule has 0 bridgehead atoms. The molecule has 2 N–H and O–H groups in total. The fourth-order valence-electron chi connectivity index (χ4n) is 2.86. The van der Waals surface area contributed by atoms with Gasteiger partial charge in [0.1, 0.15) is 0 Å². The Labute approximate surface area is 111 Å². The van der Waals surface area contributed by atoms with E-state index in [2.05, 4.69) is 13.8 Å². The summed E-state index contributed by atoms with van der Waals surface area (Å²) in [6.45, 7) is 5.85. The van der Waals surface area contributed by atoms with Crippen LogP contribution < -0.4 is 10.6 Å². The minimum atomic E-state index is -4.40. The maximum Gasteiger partial charge on any atom is 0.418 e. The molecule has 0 radical (unpaired) electrons. The zero-order valence-electron chi connectivity index (χ0n) is 11.2. The zero-order chi connectivity index (χ0) is 14.2. The third-order valence-electron chi connectivity index (χ3n) is 3.58. The number of hydrogen-bond donors (Lipinski definition) is 1. The third kappa shape index (κ3) is 3.14. The highest BCUT2D eigenvalue weighted by molar-refractivity contribution is 5.59. The molecule has 106 valence electrons. The molecular weight excluding hydrogens is 253 g/mol. The summed E-state index contributed by atoms with van der Waals surface area (Å²) in [6, 6.07) is 4.19. The Kier molecular flexibility index (Phi) is 3.65. The van der Waals surface area contributed by atoms with Crippen molar-refractivity contribution in [2.75, 3.05) is 23.7 Å². The SMILES string of the molecule is CC1CC(C)CN(c2ccc(N)c(C(F)(F)F)c2)C1. The number of nitrogens with zero attached hydrogens (tertiary/aromatic N) is 1. The van der Waals surface area contributed by atoms with Crippen LogP contribution in [-0.2, 0) is 6.18 Å². The first kappa shape index (κ1) is 14.0. The van der Waals surface area contributed by atoms with E-state index < -0.39 is 11.7 Å². The van der Waals surface area contributed by atoms with Gasteiger partial charge in [-0.2, -0.15) is 13.2 Å². The maximum atomic E-state index is 12.9. The molecule has 19 heavy (non-hydrogen) atoms. The van der Waals surface area contributed by atoms with E-state index in [9.17, 15) is 13.2 Å². The molecule has 1 aliphatic rings. The summed E-state index contributed by atoms with van der Waals surface area (Å²) in [6.07, 6.45) is -3.27. The summed E-state index contributed by atoms with van der Waals surface area (Å²) in [7, 11) is 0. The number of nitrogens with two attached hydrogens (primary N) is 1. The van der Waals surface area contributed by atoms with Crippen LogP contribution in [0.3, 0.4) is 0 Å². The van der Waals surface area contributed by atoms with E-state index >= 15 is 0 Å². The highest BCUT2D eigenvalue weighted by Gasteiger charge is 2.34. The molecule has 2 nitrogen and oxygen atoms in total. The molecule has 0 aromatic heterocycles. The normalized spacial score (nSPS) is 24.6. The highest BCUT2D eigenvalue weighted by atomic mass is 19.4. The van der Waals surface area contributed by atoms with Crippen molar-refractivity contribution in [1.82, 2.24) is 0 Å². The predicted octanol–water partition coefficient (Wildman–Crippen LogP) is 3.77. The first-order valence-corrected chi connectivity index (χ1v) is 6.49. The van der Waals surface area contributed by atoms with Gasteiger partial charge in [-0.3, -0.25) is 0 Å². The van der Waals surface area contributed by atoms with Crippen LogP contribution in [0.4, 0.5) is 24.5 Å². The molecule has 1 aromatic carbocycles. The lowest BCUT2D eigenvalue weighted by Gasteiger charge is -2.37. The Balaban J connectivity index is 2.30. The molecule has 1 aromatic rings. The Bertz CT molecular complexity index is 446. The molecule has 1 heterocycles. The van der Waals surface area contributed by atoms with Gasteiger partial charge in [-0.25, -0.2) is 0 Å². The monoisotopic (exact) mass is 272 g/mol. The Morgan fingerprint density at radius 3 is 2.26 bits per heavy atom. The lowest BCUT2D eigenvalue weighted by atomic mass is 9.91. The molecule has 0 saturated carbocycles. The van der Waals surface area contributed by atoms with E-state index in [-0.39, 0.29) is 5.69 Å². The number of nitrogen functional groups attached to an aromatic ring is 1. The van der Waals surface area contributed by atoms with Gasteiger partial charge < -0.3 is 10.6 Å². The molecule has 1 aliphatic heterocycles. The minimum absolute atomic E-state index is 0.214. The summed E-state index contributed by atoms with van der Waals surface area (Å²) >= 11 is 0. The van der Waals surface area contributed by atoms with E-state index in [0.29, 0.717) is 17.5 Å². The lowest BCUT2D eigenvalue weighted by Crippen LogP contribution is -2.38. The fourth-order valence-corrected chi connectivity index (χ4v) is 2.86. The molecule has 2 rings (SSSR count). The van der Waals surface area contributed by atoms with E-state index in [1.165, 1.54) is 12.1 Å². The van der Waals surface area contributed by atoms with Gasteiger partial charge in [0.15, 0.2) is 0 Å². The van der Waals surface area contributed by atoms with Gasteiger partial charge in [0, 0.05) is 24.5 Å². The highest BCUT2D eigenvalue weighted by Crippen LogP contribution is 2.37. The number of halogens is 3. The first-order valence-electron chi connectivity index (χ1n) is 6.49. The van der Waals surface area contributed by atoms with Crippen LogP contribution in [0.5, 0.6) is 0 Å². The number of anilines is 2. The number of rotatable bonds is 1. The van der Waals surface area contributed by atoms with Crippen LogP contribution in [0, 0.1) is 11.8 Å². The number of hydrogen-bond acceptors (Lipinski definition) is 2. The van der Waals surface area contributed by atoms with Crippen molar-refractivity contribution < 1.29 is 13.2 Å². The molecule has 0 spiro atoms. The molecule has 5 heteroatoms. The summed E-state index contributed by atoms with van der Waals surface area (Å²) in [5, 5.41) is 0. The second-order valence-corrected chi connectivity index (χ2v) is 5.62. The van der Waals surface area contributed by atoms with Gasteiger partial charge in [-0.15, -0.1) is 0 Å². The van der Waals surface area contributed by atoms with Gasteiger partial charge in [0.2, 0.25) is 0 Å². The Morgan fingerprint density at radius 2 is 1.74 bits per heavy atom. The van der Waals surface area contributed by atoms with E-state index in [1.54, 1.807) is 6.07 Å². The largest absolute Gasteiger partial charge is 0.418 e. The van der Waals surface area contributed by atoms with E-state index in [0.717, 1.165) is 19.5 Å². The molecule has 2 atom stereocenters. The van der Waals surface area contributed by atoms with Crippen LogP contribution >= 0.6 is 0 Å². The van der Waals surface area contributed by atoms with Gasteiger partial charge in [-0.1, -0.05) is 13.8 Å². The Hall–Kier alpha value is -1.39. The van der Waals surface area contributed by atoms with Crippen molar-refractivity contribution in [3.8, 4) is 0 Å². The summed E-state index contributed by atoms with van der Waals surface area (Å²) < 4.78 is 38.6. The maximum absolute atomic E-state index is 12.9. The first-order chi connectivity index (χ1) is 8.77. The number of alkyl halides is 3. The van der Waals surface area contributed by atoms with Crippen molar-refractivity contribution in [2.45, 2.75) is 26.4 Å². The Morgan fingerprint density at radius 1 is 1.16 bits per heavy atom. The van der Waals surface area contributed by atoms with Crippen molar-refractivity contribution in [3.63, 3.8) is 0 Å². The van der Waals surface area contributed by atoms with Gasteiger partial charge in [-0.05, 0) is 36.5 Å². The molecule has 1 fully saturated rings.